The maximum atomic E-state index is 14.4. The molecule has 4 rings (SSSR count). The molecule has 0 radical (unpaired) electrons. The minimum absolute atomic E-state index is 0.227. The molecular formula is C30H45FO. The van der Waals surface area contributed by atoms with Crippen molar-refractivity contribution in [2.45, 2.75) is 103 Å². The molecule has 0 spiro atoms. The Kier molecular flexibility index (Phi) is 8.72. The van der Waals surface area contributed by atoms with Gasteiger partial charge in [-0.05, 0) is 111 Å². The van der Waals surface area contributed by atoms with Crippen LogP contribution < -0.4 is 4.74 Å². The van der Waals surface area contributed by atoms with Gasteiger partial charge >= 0.3 is 0 Å². The van der Waals surface area contributed by atoms with Crippen molar-refractivity contribution >= 4 is 0 Å². The molecule has 3 saturated carbocycles. The third kappa shape index (κ3) is 5.97. The summed E-state index contributed by atoms with van der Waals surface area (Å²) in [5, 5.41) is 0. The molecule has 32 heavy (non-hydrogen) atoms. The first-order chi connectivity index (χ1) is 15.7. The summed E-state index contributed by atoms with van der Waals surface area (Å²) >= 11 is 0. The highest BCUT2D eigenvalue weighted by atomic mass is 19.1. The van der Waals surface area contributed by atoms with E-state index in [1.54, 1.807) is 18.2 Å². The molecule has 4 unspecified atom stereocenters. The minimum Gasteiger partial charge on any atom is -0.486 e. The van der Waals surface area contributed by atoms with Crippen LogP contribution in [0.4, 0.5) is 4.39 Å². The molecule has 3 fully saturated rings. The quantitative estimate of drug-likeness (QED) is 0.275. The van der Waals surface area contributed by atoms with Crippen LogP contribution in [0.2, 0.25) is 0 Å². The average molecular weight is 441 g/mol. The van der Waals surface area contributed by atoms with E-state index in [4.69, 9.17) is 4.74 Å². The summed E-state index contributed by atoms with van der Waals surface area (Å²) in [5.74, 6) is 5.59. The van der Waals surface area contributed by atoms with Crippen molar-refractivity contribution in [1.82, 2.24) is 0 Å². The molecule has 0 N–H and O–H groups in total. The van der Waals surface area contributed by atoms with Crippen LogP contribution in [0.3, 0.4) is 0 Å². The Morgan fingerprint density at radius 2 is 1.59 bits per heavy atom. The van der Waals surface area contributed by atoms with Gasteiger partial charge < -0.3 is 4.74 Å². The highest BCUT2D eigenvalue weighted by Crippen LogP contribution is 2.50. The van der Waals surface area contributed by atoms with Crippen LogP contribution in [0, 0.1) is 35.4 Å². The lowest BCUT2D eigenvalue weighted by atomic mass is 9.60. The van der Waals surface area contributed by atoms with Crippen molar-refractivity contribution in [3.05, 3.63) is 42.2 Å². The SMILES string of the molecule is C=CCOc1ccc(C2CCC(C3CCC4CC(CCCCC)CCC4C3)CC2)cc1F. The van der Waals surface area contributed by atoms with Crippen LogP contribution in [0.15, 0.2) is 30.9 Å². The molecule has 178 valence electrons. The van der Waals surface area contributed by atoms with Gasteiger partial charge in [0.1, 0.15) is 6.61 Å². The Bertz CT molecular complexity index is 720. The van der Waals surface area contributed by atoms with Crippen molar-refractivity contribution in [2.75, 3.05) is 6.61 Å². The molecule has 0 bridgehead atoms. The van der Waals surface area contributed by atoms with Crippen LogP contribution in [0.25, 0.3) is 0 Å². The van der Waals surface area contributed by atoms with Crippen molar-refractivity contribution in [3.63, 3.8) is 0 Å². The van der Waals surface area contributed by atoms with Crippen LogP contribution in [0.1, 0.15) is 108 Å². The van der Waals surface area contributed by atoms with Crippen LogP contribution in [-0.2, 0) is 0 Å². The molecule has 0 saturated heterocycles. The number of halogens is 1. The normalized spacial score (nSPS) is 32.8. The Hall–Kier alpha value is -1.31. The van der Waals surface area contributed by atoms with E-state index in [2.05, 4.69) is 19.6 Å². The molecule has 2 heteroatoms. The number of unbranched alkanes of at least 4 members (excludes halogenated alkanes) is 2. The largest absolute Gasteiger partial charge is 0.486 e. The van der Waals surface area contributed by atoms with E-state index < -0.39 is 0 Å². The topological polar surface area (TPSA) is 9.23 Å². The number of rotatable bonds is 9. The maximum Gasteiger partial charge on any atom is 0.165 e. The van der Waals surface area contributed by atoms with E-state index in [1.807, 2.05) is 0 Å². The molecule has 0 heterocycles. The molecule has 0 aliphatic heterocycles. The lowest BCUT2D eigenvalue weighted by Crippen LogP contribution is -2.34. The zero-order valence-electron chi connectivity index (χ0n) is 20.4. The van der Waals surface area contributed by atoms with E-state index in [1.165, 1.54) is 89.9 Å². The highest BCUT2D eigenvalue weighted by molar-refractivity contribution is 5.31. The molecule has 1 aromatic rings. The van der Waals surface area contributed by atoms with Gasteiger partial charge in [0.05, 0.1) is 0 Å². The third-order valence-corrected chi connectivity index (χ3v) is 9.20. The average Bonchev–Trinajstić information content (AvgIpc) is 2.83. The first-order valence-electron chi connectivity index (χ1n) is 13.7. The van der Waals surface area contributed by atoms with Gasteiger partial charge in [-0.2, -0.15) is 0 Å². The summed E-state index contributed by atoms with van der Waals surface area (Å²) in [6.45, 7) is 6.30. The smallest absolute Gasteiger partial charge is 0.165 e. The van der Waals surface area contributed by atoms with E-state index in [0.29, 0.717) is 18.3 Å². The first kappa shape index (κ1) is 23.8. The fraction of sp³-hybridized carbons (Fsp3) is 0.733. The maximum absolute atomic E-state index is 14.4. The minimum atomic E-state index is -0.227. The summed E-state index contributed by atoms with van der Waals surface area (Å²) in [7, 11) is 0. The molecule has 0 amide bonds. The summed E-state index contributed by atoms with van der Waals surface area (Å²) < 4.78 is 19.8. The Labute approximate surface area is 196 Å². The highest BCUT2D eigenvalue weighted by Gasteiger charge is 2.38. The predicted octanol–water partition coefficient (Wildman–Crippen LogP) is 9.08. The third-order valence-electron chi connectivity index (χ3n) is 9.20. The number of hydrogen-bond acceptors (Lipinski definition) is 1. The summed E-state index contributed by atoms with van der Waals surface area (Å²) in [6.07, 6.45) is 21.5. The van der Waals surface area contributed by atoms with Crippen LogP contribution in [0.5, 0.6) is 5.75 Å². The van der Waals surface area contributed by atoms with Gasteiger partial charge in [-0.3, -0.25) is 0 Å². The van der Waals surface area contributed by atoms with Gasteiger partial charge in [-0.15, -0.1) is 0 Å². The lowest BCUT2D eigenvalue weighted by molar-refractivity contribution is 0.0614. The predicted molar refractivity (Wildman–Crippen MR) is 133 cm³/mol. The number of benzene rings is 1. The summed E-state index contributed by atoms with van der Waals surface area (Å²) in [5.41, 5.74) is 1.16. The zero-order chi connectivity index (χ0) is 22.3. The van der Waals surface area contributed by atoms with Gasteiger partial charge in [0.15, 0.2) is 11.6 Å². The zero-order valence-corrected chi connectivity index (χ0v) is 20.4. The van der Waals surface area contributed by atoms with Crippen molar-refractivity contribution in [3.8, 4) is 5.75 Å². The van der Waals surface area contributed by atoms with E-state index in [0.717, 1.165) is 35.2 Å². The monoisotopic (exact) mass is 440 g/mol. The van der Waals surface area contributed by atoms with Crippen LogP contribution in [-0.4, -0.2) is 6.61 Å². The van der Waals surface area contributed by atoms with Crippen molar-refractivity contribution < 1.29 is 9.13 Å². The molecule has 4 atom stereocenters. The second-order valence-electron chi connectivity index (χ2n) is 11.2. The van der Waals surface area contributed by atoms with Gasteiger partial charge in [-0.25, -0.2) is 4.39 Å². The number of fused-ring (bicyclic) bond motifs is 1. The molecule has 3 aliphatic carbocycles. The standard InChI is InChI=1S/C30H45FO/c1-3-5-6-7-22-8-9-27-20-26(15-14-25(27)19-22)23-10-12-24(13-11-23)28-16-17-30(29(31)21-28)32-18-4-2/h4,16-17,21-27H,2-3,5-15,18-20H2,1H3. The molecular weight excluding hydrogens is 395 g/mol. The van der Waals surface area contributed by atoms with Crippen LogP contribution >= 0.6 is 0 Å². The Balaban J connectivity index is 1.23. The van der Waals surface area contributed by atoms with Gasteiger partial charge in [-0.1, -0.05) is 57.7 Å². The fourth-order valence-electron chi connectivity index (χ4n) is 7.36. The lowest BCUT2D eigenvalue weighted by Gasteiger charge is -2.45. The van der Waals surface area contributed by atoms with Gasteiger partial charge in [0.2, 0.25) is 0 Å². The van der Waals surface area contributed by atoms with Gasteiger partial charge in [0.25, 0.3) is 0 Å². The molecule has 0 aromatic heterocycles. The second kappa shape index (κ2) is 11.7. The van der Waals surface area contributed by atoms with Crippen molar-refractivity contribution in [1.29, 1.82) is 0 Å². The number of ether oxygens (including phenoxy) is 1. The fourth-order valence-corrected chi connectivity index (χ4v) is 7.36. The molecule has 3 aliphatic rings. The van der Waals surface area contributed by atoms with Crippen molar-refractivity contribution in [2.24, 2.45) is 29.6 Å². The van der Waals surface area contributed by atoms with E-state index in [9.17, 15) is 4.39 Å². The van der Waals surface area contributed by atoms with E-state index in [-0.39, 0.29) is 5.82 Å². The summed E-state index contributed by atoms with van der Waals surface area (Å²) in [6, 6.07) is 5.60. The number of hydrogen-bond donors (Lipinski definition) is 0. The Morgan fingerprint density at radius 3 is 2.31 bits per heavy atom. The first-order valence-corrected chi connectivity index (χ1v) is 13.7. The molecule has 1 aromatic carbocycles. The molecule has 1 nitrogen and oxygen atoms in total. The Morgan fingerprint density at radius 1 is 0.906 bits per heavy atom. The van der Waals surface area contributed by atoms with Gasteiger partial charge in [0, 0.05) is 0 Å². The summed E-state index contributed by atoms with van der Waals surface area (Å²) in [4.78, 5) is 0. The van der Waals surface area contributed by atoms with E-state index >= 15 is 0 Å². The second-order valence-corrected chi connectivity index (χ2v) is 11.2.